The number of nitrogens with two attached hydrogens (primary N) is 1. The number of anilines is 2. The van der Waals surface area contributed by atoms with E-state index in [0.717, 1.165) is 27.1 Å². The first-order chi connectivity index (χ1) is 11.3. The van der Waals surface area contributed by atoms with Gasteiger partial charge in [0.05, 0.1) is 23.5 Å². The summed E-state index contributed by atoms with van der Waals surface area (Å²) in [6, 6.07) is 14.1. The average Bonchev–Trinajstić information content (AvgIpc) is 2.55. The standard InChI is InChI=1S/C19H24N2OS2/c1-19(2,3)18(23)21-17-11-15(9-10-16(17)20)24-12-13-5-7-14(22-4)8-6-13/h5-11H,12,20H2,1-4H3,(H,21,23). The van der Waals surface area contributed by atoms with E-state index in [1.807, 2.05) is 24.3 Å². The van der Waals surface area contributed by atoms with Crippen LogP contribution in [0, 0.1) is 5.41 Å². The minimum absolute atomic E-state index is 0.0893. The van der Waals surface area contributed by atoms with Crippen molar-refractivity contribution in [3.05, 3.63) is 48.0 Å². The lowest BCUT2D eigenvalue weighted by Crippen LogP contribution is -2.26. The molecule has 0 unspecified atom stereocenters. The van der Waals surface area contributed by atoms with E-state index in [1.165, 1.54) is 5.56 Å². The van der Waals surface area contributed by atoms with E-state index >= 15 is 0 Å². The Bertz CT molecular complexity index is 706. The van der Waals surface area contributed by atoms with Crippen LogP contribution in [-0.4, -0.2) is 12.1 Å². The molecule has 0 spiro atoms. The second-order valence-corrected chi connectivity index (χ2v) is 8.05. The Morgan fingerprint density at radius 1 is 1.17 bits per heavy atom. The molecule has 3 nitrogen and oxygen atoms in total. The van der Waals surface area contributed by atoms with Crippen molar-refractivity contribution in [3.8, 4) is 5.75 Å². The smallest absolute Gasteiger partial charge is 0.118 e. The van der Waals surface area contributed by atoms with E-state index in [-0.39, 0.29) is 5.41 Å². The van der Waals surface area contributed by atoms with Crippen LogP contribution in [0.1, 0.15) is 26.3 Å². The van der Waals surface area contributed by atoms with Gasteiger partial charge in [-0.05, 0) is 35.9 Å². The number of ether oxygens (including phenoxy) is 1. The summed E-state index contributed by atoms with van der Waals surface area (Å²) in [6.07, 6.45) is 0. The Kier molecular flexibility index (Phi) is 6.13. The van der Waals surface area contributed by atoms with Crippen molar-refractivity contribution < 1.29 is 4.74 Å². The van der Waals surface area contributed by atoms with Crippen LogP contribution in [0.2, 0.25) is 0 Å². The molecule has 5 heteroatoms. The zero-order chi connectivity index (χ0) is 17.7. The number of thioether (sulfide) groups is 1. The summed E-state index contributed by atoms with van der Waals surface area (Å²) in [5, 5.41) is 3.28. The zero-order valence-corrected chi connectivity index (χ0v) is 16.2. The normalized spacial score (nSPS) is 11.2. The van der Waals surface area contributed by atoms with Gasteiger partial charge in [0.15, 0.2) is 0 Å². The maximum Gasteiger partial charge on any atom is 0.118 e. The highest BCUT2D eigenvalue weighted by Crippen LogP contribution is 2.30. The summed E-state index contributed by atoms with van der Waals surface area (Å²) in [6.45, 7) is 6.25. The first kappa shape index (κ1) is 18.6. The lowest BCUT2D eigenvalue weighted by atomic mass is 9.96. The predicted octanol–water partition coefficient (Wildman–Crippen LogP) is 5.36. The first-order valence-corrected chi connectivity index (χ1v) is 9.15. The van der Waals surface area contributed by atoms with Crippen molar-refractivity contribution in [1.29, 1.82) is 0 Å². The van der Waals surface area contributed by atoms with E-state index < -0.39 is 0 Å². The summed E-state index contributed by atoms with van der Waals surface area (Å²) in [5.41, 5.74) is 8.81. The highest BCUT2D eigenvalue weighted by Gasteiger charge is 2.17. The third-order valence-electron chi connectivity index (χ3n) is 3.52. The average molecular weight is 361 g/mol. The van der Waals surface area contributed by atoms with Gasteiger partial charge in [-0.25, -0.2) is 0 Å². The number of nitrogen functional groups attached to an aromatic ring is 1. The van der Waals surface area contributed by atoms with Gasteiger partial charge in [0.1, 0.15) is 5.75 Å². The van der Waals surface area contributed by atoms with Gasteiger partial charge in [0, 0.05) is 16.1 Å². The lowest BCUT2D eigenvalue weighted by molar-refractivity contribution is 0.414. The van der Waals surface area contributed by atoms with E-state index in [2.05, 4.69) is 44.3 Å². The van der Waals surface area contributed by atoms with Gasteiger partial charge in [-0.3, -0.25) is 0 Å². The van der Waals surface area contributed by atoms with Gasteiger partial charge in [-0.15, -0.1) is 11.8 Å². The molecule has 2 aromatic rings. The number of nitrogens with one attached hydrogen (secondary N) is 1. The Labute approximate surface area is 154 Å². The highest BCUT2D eigenvalue weighted by atomic mass is 32.2. The maximum atomic E-state index is 6.07. The van der Waals surface area contributed by atoms with Crippen LogP contribution >= 0.6 is 24.0 Å². The van der Waals surface area contributed by atoms with Gasteiger partial charge >= 0.3 is 0 Å². The Morgan fingerprint density at radius 3 is 2.42 bits per heavy atom. The maximum absolute atomic E-state index is 6.07. The fourth-order valence-electron chi connectivity index (χ4n) is 1.93. The van der Waals surface area contributed by atoms with Crippen molar-refractivity contribution in [2.45, 2.75) is 31.4 Å². The largest absolute Gasteiger partial charge is 0.497 e. The lowest BCUT2D eigenvalue weighted by Gasteiger charge is -2.22. The Morgan fingerprint density at radius 2 is 1.83 bits per heavy atom. The van der Waals surface area contributed by atoms with E-state index in [4.69, 9.17) is 22.7 Å². The fraction of sp³-hybridized carbons (Fsp3) is 0.316. The molecule has 0 aliphatic heterocycles. The molecule has 0 aliphatic rings. The molecular weight excluding hydrogens is 336 g/mol. The van der Waals surface area contributed by atoms with Crippen LogP contribution in [0.15, 0.2) is 47.4 Å². The molecule has 2 rings (SSSR count). The van der Waals surface area contributed by atoms with Crippen LogP contribution < -0.4 is 15.8 Å². The SMILES string of the molecule is COc1ccc(CSc2ccc(N)c(NC(=S)C(C)(C)C)c2)cc1. The summed E-state index contributed by atoms with van der Waals surface area (Å²) in [5.74, 6) is 1.76. The third kappa shape index (κ3) is 5.14. The van der Waals surface area contributed by atoms with Crippen molar-refractivity contribution in [1.82, 2.24) is 0 Å². The highest BCUT2D eigenvalue weighted by molar-refractivity contribution is 7.98. The van der Waals surface area contributed by atoms with Crippen LogP contribution in [-0.2, 0) is 5.75 Å². The molecule has 0 saturated carbocycles. The van der Waals surface area contributed by atoms with Crippen LogP contribution in [0.5, 0.6) is 5.75 Å². The topological polar surface area (TPSA) is 47.3 Å². The zero-order valence-electron chi connectivity index (χ0n) is 14.6. The monoisotopic (exact) mass is 360 g/mol. The summed E-state index contributed by atoms with van der Waals surface area (Å²) in [4.78, 5) is 1.94. The second kappa shape index (κ2) is 7.90. The van der Waals surface area contributed by atoms with Crippen LogP contribution in [0.3, 0.4) is 0 Å². The molecule has 3 N–H and O–H groups in total. The number of methoxy groups -OCH3 is 1. The number of rotatable bonds is 5. The number of thiocarbonyl (C=S) groups is 1. The molecule has 0 aromatic heterocycles. The van der Waals surface area contributed by atoms with Gasteiger partial charge < -0.3 is 15.8 Å². The van der Waals surface area contributed by atoms with E-state index in [9.17, 15) is 0 Å². The Balaban J connectivity index is 2.05. The Hall–Kier alpha value is -1.72. The molecular formula is C19H24N2OS2. The van der Waals surface area contributed by atoms with Crippen molar-refractivity contribution in [2.75, 3.05) is 18.2 Å². The minimum Gasteiger partial charge on any atom is -0.497 e. The minimum atomic E-state index is -0.0893. The first-order valence-electron chi connectivity index (χ1n) is 7.76. The molecule has 0 aliphatic carbocycles. The van der Waals surface area contributed by atoms with Crippen LogP contribution in [0.25, 0.3) is 0 Å². The predicted molar refractivity (Wildman–Crippen MR) is 109 cm³/mol. The van der Waals surface area contributed by atoms with Crippen molar-refractivity contribution in [2.24, 2.45) is 5.41 Å². The molecule has 128 valence electrons. The van der Waals surface area contributed by atoms with Gasteiger partial charge in [0.2, 0.25) is 0 Å². The molecule has 0 fully saturated rings. The summed E-state index contributed by atoms with van der Waals surface area (Å²) >= 11 is 7.22. The van der Waals surface area contributed by atoms with Gasteiger partial charge in [-0.1, -0.05) is 45.1 Å². The fourth-order valence-corrected chi connectivity index (χ4v) is 2.93. The van der Waals surface area contributed by atoms with E-state index in [0.29, 0.717) is 5.69 Å². The third-order valence-corrected chi connectivity index (χ3v) is 5.30. The molecule has 0 radical (unpaired) electrons. The van der Waals surface area contributed by atoms with Crippen molar-refractivity contribution in [3.63, 3.8) is 0 Å². The molecule has 24 heavy (non-hydrogen) atoms. The van der Waals surface area contributed by atoms with Gasteiger partial charge in [0.25, 0.3) is 0 Å². The number of hydrogen-bond acceptors (Lipinski definition) is 4. The number of hydrogen-bond donors (Lipinski definition) is 2. The quantitative estimate of drug-likeness (QED) is 0.427. The molecule has 0 amide bonds. The number of benzene rings is 2. The molecule has 0 atom stereocenters. The molecule has 0 bridgehead atoms. The van der Waals surface area contributed by atoms with Crippen molar-refractivity contribution >= 4 is 40.3 Å². The summed E-state index contributed by atoms with van der Waals surface area (Å²) in [7, 11) is 1.68. The summed E-state index contributed by atoms with van der Waals surface area (Å²) < 4.78 is 5.18. The molecule has 0 heterocycles. The molecule has 2 aromatic carbocycles. The van der Waals surface area contributed by atoms with Crippen LogP contribution in [0.4, 0.5) is 11.4 Å². The second-order valence-electron chi connectivity index (χ2n) is 6.59. The van der Waals surface area contributed by atoms with Gasteiger partial charge in [-0.2, -0.15) is 0 Å². The molecule has 0 saturated heterocycles. The van der Waals surface area contributed by atoms with E-state index in [1.54, 1.807) is 18.9 Å².